The van der Waals surface area contributed by atoms with Crippen LogP contribution in [0.2, 0.25) is 0 Å². The van der Waals surface area contributed by atoms with Crippen molar-refractivity contribution in [3.05, 3.63) is 35.5 Å². The van der Waals surface area contributed by atoms with Crippen LogP contribution >= 0.6 is 0 Å². The summed E-state index contributed by atoms with van der Waals surface area (Å²) >= 11 is 0. The van der Waals surface area contributed by atoms with E-state index in [1.54, 1.807) is 0 Å². The van der Waals surface area contributed by atoms with Crippen LogP contribution in [0.1, 0.15) is 50.5 Å². The number of benzene rings is 1. The molecule has 1 aromatic carbocycles. The summed E-state index contributed by atoms with van der Waals surface area (Å²) in [6.07, 6.45) is 1.14. The molecule has 1 aliphatic rings. The van der Waals surface area contributed by atoms with Gasteiger partial charge in [-0.3, -0.25) is 0 Å². The van der Waals surface area contributed by atoms with E-state index in [2.05, 4.69) is 73.7 Å². The first-order chi connectivity index (χ1) is 9.56. The third-order valence-corrected chi connectivity index (χ3v) is 4.66. The highest BCUT2D eigenvalue weighted by Gasteiger charge is 2.32. The van der Waals surface area contributed by atoms with Crippen molar-refractivity contribution in [1.82, 2.24) is 14.6 Å². The predicted molar refractivity (Wildman–Crippen MR) is 84.6 cm³/mol. The van der Waals surface area contributed by atoms with E-state index in [4.69, 9.17) is 0 Å². The maximum absolute atomic E-state index is 2.52. The quantitative estimate of drug-likeness (QED) is 0.819. The van der Waals surface area contributed by atoms with Gasteiger partial charge in [-0.2, -0.15) is 0 Å². The van der Waals surface area contributed by atoms with E-state index in [1.165, 1.54) is 22.2 Å². The maximum Gasteiger partial charge on any atom is 0.0538 e. The third kappa shape index (κ3) is 1.80. The highest BCUT2D eigenvalue weighted by molar-refractivity contribution is 5.86. The van der Waals surface area contributed by atoms with Crippen LogP contribution in [0.15, 0.2) is 24.3 Å². The van der Waals surface area contributed by atoms with E-state index in [1.807, 2.05) is 0 Å². The van der Waals surface area contributed by atoms with Crippen LogP contribution in [-0.2, 0) is 6.54 Å². The molecule has 108 valence electrons. The zero-order chi connectivity index (χ0) is 14.4. The average molecular weight is 271 g/mol. The second-order valence-electron chi connectivity index (χ2n) is 6.15. The lowest BCUT2D eigenvalue weighted by Gasteiger charge is -2.40. The number of rotatable bonds is 2. The van der Waals surface area contributed by atoms with Gasteiger partial charge in [0, 0.05) is 42.3 Å². The van der Waals surface area contributed by atoms with Crippen LogP contribution in [0.5, 0.6) is 0 Å². The fourth-order valence-electron chi connectivity index (χ4n) is 3.69. The Morgan fingerprint density at radius 3 is 2.55 bits per heavy atom. The van der Waals surface area contributed by atoms with Crippen molar-refractivity contribution in [1.29, 1.82) is 0 Å². The molecule has 0 bridgehead atoms. The minimum atomic E-state index is 0.480. The first-order valence-electron chi connectivity index (χ1n) is 7.61. The molecule has 3 rings (SSSR count). The second-order valence-corrected chi connectivity index (χ2v) is 6.15. The largest absolute Gasteiger partial charge is 0.340 e. The molecular formula is C17H25N3. The van der Waals surface area contributed by atoms with Crippen LogP contribution in [0.25, 0.3) is 10.9 Å². The molecule has 1 atom stereocenters. The molecule has 2 heterocycles. The summed E-state index contributed by atoms with van der Waals surface area (Å²) in [6, 6.07) is 9.85. The molecule has 0 saturated heterocycles. The standard InChI is InChI=1S/C17H25N3/c1-6-14-17-13-9-7-8-10-15(13)20(12(2)3)16(17)11-18(4)19(14)5/h7-10,12,14H,6,11H2,1-5H3. The molecule has 1 aromatic heterocycles. The van der Waals surface area contributed by atoms with Crippen molar-refractivity contribution < 1.29 is 0 Å². The minimum Gasteiger partial charge on any atom is -0.340 e. The lowest BCUT2D eigenvalue weighted by atomic mass is 9.98. The number of hydrazine groups is 1. The van der Waals surface area contributed by atoms with Gasteiger partial charge in [0.15, 0.2) is 0 Å². The normalized spacial score (nSPS) is 20.8. The van der Waals surface area contributed by atoms with Crippen molar-refractivity contribution in [2.24, 2.45) is 0 Å². The van der Waals surface area contributed by atoms with Crippen LogP contribution in [-0.4, -0.2) is 28.7 Å². The highest BCUT2D eigenvalue weighted by Crippen LogP contribution is 2.40. The van der Waals surface area contributed by atoms with E-state index >= 15 is 0 Å². The van der Waals surface area contributed by atoms with Gasteiger partial charge in [0.05, 0.1) is 12.6 Å². The molecule has 20 heavy (non-hydrogen) atoms. The van der Waals surface area contributed by atoms with Crippen molar-refractivity contribution in [2.45, 2.75) is 45.8 Å². The lowest BCUT2D eigenvalue weighted by molar-refractivity contribution is -0.0395. The summed E-state index contributed by atoms with van der Waals surface area (Å²) in [7, 11) is 4.40. The molecule has 3 nitrogen and oxygen atoms in total. The van der Waals surface area contributed by atoms with Gasteiger partial charge in [0.2, 0.25) is 0 Å². The Morgan fingerprint density at radius 1 is 1.20 bits per heavy atom. The van der Waals surface area contributed by atoms with Gasteiger partial charge in [-0.1, -0.05) is 25.1 Å². The molecular weight excluding hydrogens is 246 g/mol. The van der Waals surface area contributed by atoms with Gasteiger partial charge in [-0.15, -0.1) is 0 Å². The fourth-order valence-corrected chi connectivity index (χ4v) is 3.69. The van der Waals surface area contributed by atoms with Gasteiger partial charge < -0.3 is 4.57 Å². The van der Waals surface area contributed by atoms with Gasteiger partial charge in [0.25, 0.3) is 0 Å². The van der Waals surface area contributed by atoms with Crippen molar-refractivity contribution in [3.63, 3.8) is 0 Å². The van der Waals surface area contributed by atoms with Gasteiger partial charge >= 0.3 is 0 Å². The average Bonchev–Trinajstić information content (AvgIpc) is 2.74. The Bertz CT molecular complexity index is 626. The van der Waals surface area contributed by atoms with Crippen LogP contribution in [0, 0.1) is 0 Å². The smallest absolute Gasteiger partial charge is 0.0538 e. The molecule has 0 saturated carbocycles. The molecule has 1 aliphatic heterocycles. The summed E-state index contributed by atoms with van der Waals surface area (Å²) in [4.78, 5) is 0. The second kappa shape index (κ2) is 4.90. The van der Waals surface area contributed by atoms with E-state index in [0.717, 1.165) is 13.0 Å². The summed E-state index contributed by atoms with van der Waals surface area (Å²) in [5.74, 6) is 0. The molecule has 3 heteroatoms. The fraction of sp³-hybridized carbons (Fsp3) is 0.529. The highest BCUT2D eigenvalue weighted by atomic mass is 15.6. The molecule has 1 unspecified atom stereocenters. The monoisotopic (exact) mass is 271 g/mol. The molecule has 0 amide bonds. The third-order valence-electron chi connectivity index (χ3n) is 4.66. The van der Waals surface area contributed by atoms with E-state index in [-0.39, 0.29) is 0 Å². The molecule has 2 aromatic rings. The number of aromatic nitrogens is 1. The number of hydrogen-bond acceptors (Lipinski definition) is 2. The Balaban J connectivity index is 2.34. The number of nitrogens with zero attached hydrogens (tertiary/aromatic N) is 3. The zero-order valence-corrected chi connectivity index (χ0v) is 13.2. The number of para-hydroxylation sites is 1. The molecule has 0 N–H and O–H groups in total. The molecule has 0 spiro atoms. The van der Waals surface area contributed by atoms with Crippen molar-refractivity contribution >= 4 is 10.9 Å². The predicted octanol–water partition coefficient (Wildman–Crippen LogP) is 3.97. The first kappa shape index (κ1) is 13.7. The Hall–Kier alpha value is -1.32. The van der Waals surface area contributed by atoms with E-state index in [0.29, 0.717) is 12.1 Å². The van der Waals surface area contributed by atoms with E-state index < -0.39 is 0 Å². The van der Waals surface area contributed by atoms with Gasteiger partial charge in [0.1, 0.15) is 0 Å². The molecule has 0 aliphatic carbocycles. The van der Waals surface area contributed by atoms with Crippen LogP contribution in [0.3, 0.4) is 0 Å². The first-order valence-corrected chi connectivity index (χ1v) is 7.61. The zero-order valence-electron chi connectivity index (χ0n) is 13.2. The number of hydrogen-bond donors (Lipinski definition) is 0. The minimum absolute atomic E-state index is 0.480. The summed E-state index contributed by atoms with van der Waals surface area (Å²) in [5.41, 5.74) is 4.42. The van der Waals surface area contributed by atoms with Crippen LogP contribution < -0.4 is 0 Å². The Labute approximate surface area is 121 Å². The molecule has 0 radical (unpaired) electrons. The Morgan fingerprint density at radius 2 is 1.90 bits per heavy atom. The molecule has 0 fully saturated rings. The topological polar surface area (TPSA) is 11.4 Å². The Kier molecular flexibility index (Phi) is 3.35. The lowest BCUT2D eigenvalue weighted by Crippen LogP contribution is -2.43. The summed E-state index contributed by atoms with van der Waals surface area (Å²) < 4.78 is 2.52. The van der Waals surface area contributed by atoms with Crippen molar-refractivity contribution in [2.75, 3.05) is 14.1 Å². The number of fused-ring (bicyclic) bond motifs is 3. The van der Waals surface area contributed by atoms with E-state index in [9.17, 15) is 0 Å². The van der Waals surface area contributed by atoms with Crippen molar-refractivity contribution in [3.8, 4) is 0 Å². The maximum atomic E-state index is 2.52. The van der Waals surface area contributed by atoms with Gasteiger partial charge in [-0.05, 0) is 26.3 Å². The summed E-state index contributed by atoms with van der Waals surface area (Å²) in [5, 5.41) is 6.16. The van der Waals surface area contributed by atoms with Crippen LogP contribution in [0.4, 0.5) is 0 Å². The summed E-state index contributed by atoms with van der Waals surface area (Å²) in [6.45, 7) is 7.85. The van der Waals surface area contributed by atoms with Gasteiger partial charge in [-0.25, -0.2) is 10.0 Å². The SMILES string of the molecule is CCC1c2c(n(C(C)C)c3ccccc23)CN(C)N1C.